The van der Waals surface area contributed by atoms with Crippen molar-refractivity contribution in [2.75, 3.05) is 5.32 Å². The van der Waals surface area contributed by atoms with Crippen LogP contribution in [0.15, 0.2) is 29.3 Å². The first-order chi connectivity index (χ1) is 8.56. The van der Waals surface area contributed by atoms with E-state index in [9.17, 15) is 14.0 Å². The summed E-state index contributed by atoms with van der Waals surface area (Å²) >= 11 is 0.996. The van der Waals surface area contributed by atoms with Crippen LogP contribution in [0.2, 0.25) is 0 Å². The highest BCUT2D eigenvalue weighted by atomic mass is 32.2. The molecule has 2 amide bonds. The fourth-order valence-electron chi connectivity index (χ4n) is 1.46. The Morgan fingerprint density at radius 2 is 2.22 bits per heavy atom. The molecular formula is C11H10FN3O2S. The number of amidine groups is 1. The number of carbonyl (C=O) groups excluding carboxylic acids is 2. The van der Waals surface area contributed by atoms with Gasteiger partial charge in [0.15, 0.2) is 5.17 Å². The highest BCUT2D eigenvalue weighted by molar-refractivity contribution is 8.15. The predicted molar refractivity (Wildman–Crippen MR) is 67.7 cm³/mol. The Hall–Kier alpha value is -1.89. The number of carbonyl (C=O) groups is 2. The van der Waals surface area contributed by atoms with Crippen molar-refractivity contribution in [2.24, 2.45) is 10.7 Å². The van der Waals surface area contributed by atoms with Crippen molar-refractivity contribution in [3.05, 3.63) is 30.1 Å². The molecule has 0 aliphatic carbocycles. The Labute approximate surface area is 107 Å². The van der Waals surface area contributed by atoms with Gasteiger partial charge >= 0.3 is 0 Å². The number of amides is 2. The zero-order chi connectivity index (χ0) is 13.1. The average Bonchev–Trinajstić information content (AvgIpc) is 2.31. The molecule has 1 aliphatic heterocycles. The molecule has 0 saturated carbocycles. The van der Waals surface area contributed by atoms with E-state index in [4.69, 9.17) is 5.73 Å². The molecule has 0 aromatic heterocycles. The molecule has 18 heavy (non-hydrogen) atoms. The first kappa shape index (κ1) is 12.6. The lowest BCUT2D eigenvalue weighted by molar-refractivity contribution is -0.121. The summed E-state index contributed by atoms with van der Waals surface area (Å²) in [4.78, 5) is 26.5. The highest BCUT2D eigenvalue weighted by Crippen LogP contribution is 2.22. The van der Waals surface area contributed by atoms with Gasteiger partial charge in [-0.1, -0.05) is 23.9 Å². The summed E-state index contributed by atoms with van der Waals surface area (Å²) in [6.45, 7) is 0. The quantitative estimate of drug-likeness (QED) is 0.840. The van der Waals surface area contributed by atoms with Crippen LogP contribution >= 0.6 is 11.8 Å². The summed E-state index contributed by atoms with van der Waals surface area (Å²) in [6.07, 6.45) is -0.0361. The molecule has 1 atom stereocenters. The van der Waals surface area contributed by atoms with E-state index in [0.29, 0.717) is 0 Å². The maximum atomic E-state index is 13.3. The third kappa shape index (κ3) is 2.86. The molecule has 1 aromatic rings. The number of rotatable bonds is 2. The zero-order valence-corrected chi connectivity index (χ0v) is 10.0. The van der Waals surface area contributed by atoms with E-state index in [2.05, 4.69) is 10.3 Å². The lowest BCUT2D eigenvalue weighted by Crippen LogP contribution is -2.33. The highest BCUT2D eigenvalue weighted by Gasteiger charge is 2.28. The number of nitrogens with one attached hydrogen (secondary N) is 1. The molecule has 94 valence electrons. The Morgan fingerprint density at radius 3 is 2.89 bits per heavy atom. The number of halogens is 1. The summed E-state index contributed by atoms with van der Waals surface area (Å²) in [7, 11) is 0. The van der Waals surface area contributed by atoms with Gasteiger partial charge in [-0.2, -0.15) is 4.99 Å². The minimum absolute atomic E-state index is 0.0361. The molecule has 0 radical (unpaired) electrons. The Balaban J connectivity index is 2.07. The van der Waals surface area contributed by atoms with Gasteiger partial charge < -0.3 is 11.1 Å². The van der Waals surface area contributed by atoms with Crippen molar-refractivity contribution in [1.29, 1.82) is 0 Å². The van der Waals surface area contributed by atoms with Gasteiger partial charge in [-0.25, -0.2) is 4.39 Å². The minimum Gasteiger partial charge on any atom is -0.378 e. The average molecular weight is 267 g/mol. The molecule has 0 saturated heterocycles. The van der Waals surface area contributed by atoms with Crippen molar-refractivity contribution >= 4 is 34.4 Å². The van der Waals surface area contributed by atoms with E-state index >= 15 is 0 Å². The monoisotopic (exact) mass is 267 g/mol. The molecule has 1 heterocycles. The van der Waals surface area contributed by atoms with Crippen molar-refractivity contribution < 1.29 is 14.0 Å². The molecule has 1 aliphatic rings. The van der Waals surface area contributed by atoms with Gasteiger partial charge in [0.1, 0.15) is 11.1 Å². The second kappa shape index (κ2) is 5.18. The van der Waals surface area contributed by atoms with E-state index in [-0.39, 0.29) is 17.3 Å². The Morgan fingerprint density at radius 1 is 1.50 bits per heavy atom. The molecule has 7 heteroatoms. The predicted octanol–water partition coefficient (Wildman–Crippen LogP) is 1.11. The number of para-hydroxylation sites is 1. The zero-order valence-electron chi connectivity index (χ0n) is 9.22. The van der Waals surface area contributed by atoms with E-state index in [1.54, 1.807) is 6.07 Å². The molecule has 5 nitrogen and oxygen atoms in total. The molecule has 0 spiro atoms. The smallest absolute Gasteiger partial charge is 0.249 e. The number of nitrogens with two attached hydrogens (primary N) is 1. The largest absolute Gasteiger partial charge is 0.378 e. The first-order valence-electron chi connectivity index (χ1n) is 5.15. The van der Waals surface area contributed by atoms with Crippen LogP contribution in [0.3, 0.4) is 0 Å². The first-order valence-corrected chi connectivity index (χ1v) is 6.03. The van der Waals surface area contributed by atoms with Crippen LogP contribution in [-0.2, 0) is 9.59 Å². The molecular weight excluding hydrogens is 257 g/mol. The third-order valence-corrected chi connectivity index (χ3v) is 3.28. The van der Waals surface area contributed by atoms with Crippen molar-refractivity contribution in [2.45, 2.75) is 11.7 Å². The van der Waals surface area contributed by atoms with Crippen LogP contribution in [0.5, 0.6) is 0 Å². The van der Waals surface area contributed by atoms with E-state index in [0.717, 1.165) is 11.8 Å². The number of benzene rings is 1. The van der Waals surface area contributed by atoms with Gasteiger partial charge in [0, 0.05) is 0 Å². The van der Waals surface area contributed by atoms with Gasteiger partial charge in [0.25, 0.3) is 0 Å². The molecule has 1 aromatic carbocycles. The molecule has 3 N–H and O–H groups in total. The number of thioether (sulfide) groups is 1. The van der Waals surface area contributed by atoms with E-state index < -0.39 is 22.9 Å². The van der Waals surface area contributed by atoms with Crippen LogP contribution in [0, 0.1) is 5.82 Å². The van der Waals surface area contributed by atoms with Crippen LogP contribution < -0.4 is 11.1 Å². The van der Waals surface area contributed by atoms with E-state index in [1.165, 1.54) is 18.2 Å². The Bertz CT molecular complexity index is 533. The topological polar surface area (TPSA) is 84.5 Å². The maximum Gasteiger partial charge on any atom is 0.249 e. The summed E-state index contributed by atoms with van der Waals surface area (Å²) in [5, 5.41) is 1.81. The van der Waals surface area contributed by atoms with Crippen LogP contribution in [-0.4, -0.2) is 22.2 Å². The van der Waals surface area contributed by atoms with Crippen LogP contribution in [0.25, 0.3) is 0 Å². The summed E-state index contributed by atoms with van der Waals surface area (Å²) in [5.41, 5.74) is 5.49. The third-order valence-electron chi connectivity index (χ3n) is 2.28. The van der Waals surface area contributed by atoms with Gasteiger partial charge in [-0.15, -0.1) is 0 Å². The maximum absolute atomic E-state index is 13.3. The number of aliphatic imine (C=N–C) groups is 1. The molecule has 0 fully saturated rings. The molecule has 2 rings (SSSR count). The lowest BCUT2D eigenvalue weighted by atomic mass is 10.2. The number of anilines is 1. The number of nitrogens with zero attached hydrogens (tertiary/aromatic N) is 1. The SMILES string of the molecule is NC1=NC(=O)CC(C(=O)Nc2ccccc2F)S1. The van der Waals surface area contributed by atoms with Gasteiger partial charge in [-0.3, -0.25) is 9.59 Å². The number of hydrogen-bond acceptors (Lipinski definition) is 4. The standard InChI is InChI=1S/C11H10FN3O2S/c12-6-3-1-2-4-7(6)14-10(17)8-5-9(16)15-11(13)18-8/h1-4,8H,5H2,(H,14,17)(H2,13,15,16). The fourth-order valence-corrected chi connectivity index (χ4v) is 2.30. The Kier molecular flexibility index (Phi) is 3.61. The minimum atomic E-state index is -0.672. The molecule has 1 unspecified atom stereocenters. The fraction of sp³-hybridized carbons (Fsp3) is 0.182. The van der Waals surface area contributed by atoms with Crippen LogP contribution in [0.1, 0.15) is 6.42 Å². The van der Waals surface area contributed by atoms with Gasteiger partial charge in [-0.05, 0) is 12.1 Å². The van der Waals surface area contributed by atoms with E-state index in [1.807, 2.05) is 0 Å². The van der Waals surface area contributed by atoms with Gasteiger partial charge in [0.05, 0.1) is 12.1 Å². The lowest BCUT2D eigenvalue weighted by Gasteiger charge is -2.17. The van der Waals surface area contributed by atoms with Crippen molar-refractivity contribution in [3.63, 3.8) is 0 Å². The number of hydrogen-bond donors (Lipinski definition) is 2. The summed E-state index contributed by atoms with van der Waals surface area (Å²) in [6, 6.07) is 5.81. The van der Waals surface area contributed by atoms with Crippen molar-refractivity contribution in [1.82, 2.24) is 0 Å². The van der Waals surface area contributed by atoms with Crippen LogP contribution in [0.4, 0.5) is 10.1 Å². The normalized spacial score (nSPS) is 19.3. The second-order valence-corrected chi connectivity index (χ2v) is 4.85. The summed E-state index contributed by atoms with van der Waals surface area (Å²) < 4.78 is 13.3. The van der Waals surface area contributed by atoms with Crippen molar-refractivity contribution in [3.8, 4) is 0 Å². The second-order valence-electron chi connectivity index (χ2n) is 3.62. The summed E-state index contributed by atoms with van der Waals surface area (Å²) in [5.74, 6) is -1.43. The van der Waals surface area contributed by atoms with Gasteiger partial charge in [0.2, 0.25) is 11.8 Å². The molecule has 0 bridgehead atoms.